The van der Waals surface area contributed by atoms with Crippen LogP contribution in [0.4, 0.5) is 0 Å². The Morgan fingerprint density at radius 2 is 1.81 bits per heavy atom. The topological polar surface area (TPSA) is 43.4 Å². The first-order valence-corrected chi connectivity index (χ1v) is 7.92. The molecule has 0 bridgehead atoms. The maximum atomic E-state index is 11.9. The minimum absolute atomic E-state index is 0.157. The molecule has 3 nitrogen and oxygen atoms in total. The van der Waals surface area contributed by atoms with Gasteiger partial charge in [-0.25, -0.2) is 0 Å². The molecule has 0 aliphatic heterocycles. The Kier molecular flexibility index (Phi) is 7.73. The summed E-state index contributed by atoms with van der Waals surface area (Å²) in [5.74, 6) is -0.00859. The van der Waals surface area contributed by atoms with E-state index in [1.807, 2.05) is 31.2 Å². The summed E-state index contributed by atoms with van der Waals surface area (Å²) in [5.41, 5.74) is 0.839. The van der Waals surface area contributed by atoms with Gasteiger partial charge < -0.3 is 4.74 Å². The van der Waals surface area contributed by atoms with Crippen LogP contribution in [0.1, 0.15) is 64.4 Å². The molecule has 0 aromatic heterocycles. The molecule has 0 aliphatic rings. The molecular formula is C18H26O3. The Balaban J connectivity index is 3.05. The van der Waals surface area contributed by atoms with Crippen molar-refractivity contribution in [3.05, 3.63) is 29.8 Å². The average molecular weight is 290 g/mol. The van der Waals surface area contributed by atoms with Gasteiger partial charge in [0.15, 0.2) is 6.29 Å². The molecule has 2 unspecified atom stereocenters. The van der Waals surface area contributed by atoms with Crippen molar-refractivity contribution in [1.82, 2.24) is 0 Å². The SMILES string of the molecule is CCCC(CC)Oc1ccccc1C(CCC)C(=O)C=O. The van der Waals surface area contributed by atoms with Gasteiger partial charge in [0.05, 0.1) is 12.0 Å². The van der Waals surface area contributed by atoms with Crippen molar-refractivity contribution >= 4 is 12.1 Å². The van der Waals surface area contributed by atoms with Crippen molar-refractivity contribution in [2.75, 3.05) is 0 Å². The highest BCUT2D eigenvalue weighted by Crippen LogP contribution is 2.31. The lowest BCUT2D eigenvalue weighted by Gasteiger charge is -2.22. The fourth-order valence-electron chi connectivity index (χ4n) is 2.55. The minimum Gasteiger partial charge on any atom is -0.490 e. The molecule has 0 spiro atoms. The lowest BCUT2D eigenvalue weighted by molar-refractivity contribution is -0.131. The normalized spacial score (nSPS) is 13.5. The number of benzene rings is 1. The summed E-state index contributed by atoms with van der Waals surface area (Å²) < 4.78 is 6.09. The second-order valence-corrected chi connectivity index (χ2v) is 5.34. The number of para-hydroxylation sites is 1. The van der Waals surface area contributed by atoms with Crippen LogP contribution in [0, 0.1) is 0 Å². The van der Waals surface area contributed by atoms with Gasteiger partial charge in [0, 0.05) is 5.56 Å². The zero-order valence-corrected chi connectivity index (χ0v) is 13.3. The van der Waals surface area contributed by atoms with E-state index in [1.165, 1.54) is 0 Å². The molecule has 21 heavy (non-hydrogen) atoms. The van der Waals surface area contributed by atoms with Crippen molar-refractivity contribution in [2.45, 2.75) is 64.9 Å². The number of ketones is 1. The monoisotopic (exact) mass is 290 g/mol. The Hall–Kier alpha value is -1.64. The second kappa shape index (κ2) is 9.32. The fourth-order valence-corrected chi connectivity index (χ4v) is 2.55. The highest BCUT2D eigenvalue weighted by molar-refractivity contribution is 6.27. The molecule has 1 rings (SSSR count). The van der Waals surface area contributed by atoms with Gasteiger partial charge in [-0.05, 0) is 25.3 Å². The minimum atomic E-state index is -0.386. The molecule has 0 N–H and O–H groups in total. The quantitative estimate of drug-likeness (QED) is 0.477. The third-order valence-electron chi connectivity index (χ3n) is 3.69. The first-order chi connectivity index (χ1) is 10.2. The molecule has 1 aromatic carbocycles. The second-order valence-electron chi connectivity index (χ2n) is 5.34. The summed E-state index contributed by atoms with van der Waals surface area (Å²) in [4.78, 5) is 22.8. The van der Waals surface area contributed by atoms with Gasteiger partial charge in [0.1, 0.15) is 5.75 Å². The van der Waals surface area contributed by atoms with Crippen LogP contribution in [0.5, 0.6) is 5.75 Å². The predicted molar refractivity (Wildman–Crippen MR) is 84.8 cm³/mol. The first-order valence-electron chi connectivity index (χ1n) is 7.92. The molecule has 0 saturated heterocycles. The Labute approximate surface area is 127 Å². The van der Waals surface area contributed by atoms with Crippen LogP contribution in [-0.2, 0) is 9.59 Å². The number of ether oxygens (including phenoxy) is 1. The largest absolute Gasteiger partial charge is 0.490 e. The number of aldehydes is 1. The van der Waals surface area contributed by atoms with E-state index in [4.69, 9.17) is 4.74 Å². The van der Waals surface area contributed by atoms with Gasteiger partial charge >= 0.3 is 0 Å². The summed E-state index contributed by atoms with van der Waals surface area (Å²) in [6, 6.07) is 7.60. The van der Waals surface area contributed by atoms with Crippen molar-refractivity contribution in [2.24, 2.45) is 0 Å². The summed E-state index contributed by atoms with van der Waals surface area (Å²) in [5, 5.41) is 0. The third-order valence-corrected chi connectivity index (χ3v) is 3.69. The van der Waals surface area contributed by atoms with Crippen LogP contribution >= 0.6 is 0 Å². The molecule has 0 radical (unpaired) electrons. The number of carbonyl (C=O) groups is 2. The van der Waals surface area contributed by atoms with Crippen LogP contribution < -0.4 is 4.74 Å². The van der Waals surface area contributed by atoms with E-state index >= 15 is 0 Å². The standard InChI is InChI=1S/C18H26O3/c1-4-9-14(6-3)21-18-12-8-7-11-16(18)15(10-5-2)17(20)13-19/h7-8,11-15H,4-6,9-10H2,1-3H3. The molecule has 0 fully saturated rings. The summed E-state index contributed by atoms with van der Waals surface area (Å²) in [6.45, 7) is 6.25. The number of carbonyl (C=O) groups excluding carboxylic acids is 2. The highest BCUT2D eigenvalue weighted by Gasteiger charge is 2.23. The van der Waals surface area contributed by atoms with E-state index in [0.29, 0.717) is 12.7 Å². The summed E-state index contributed by atoms with van der Waals surface area (Å²) in [7, 11) is 0. The van der Waals surface area contributed by atoms with Crippen LogP contribution in [0.25, 0.3) is 0 Å². The van der Waals surface area contributed by atoms with E-state index in [1.54, 1.807) is 0 Å². The van der Waals surface area contributed by atoms with Crippen molar-refractivity contribution < 1.29 is 14.3 Å². The number of rotatable bonds is 10. The molecule has 3 heteroatoms. The highest BCUT2D eigenvalue weighted by atomic mass is 16.5. The van der Waals surface area contributed by atoms with E-state index in [9.17, 15) is 9.59 Å². The van der Waals surface area contributed by atoms with Gasteiger partial charge in [-0.3, -0.25) is 9.59 Å². The van der Waals surface area contributed by atoms with Crippen LogP contribution in [0.2, 0.25) is 0 Å². The predicted octanol–water partition coefficient (Wildman–Crippen LogP) is 4.30. The summed E-state index contributed by atoms with van der Waals surface area (Å²) >= 11 is 0. The lowest BCUT2D eigenvalue weighted by Crippen LogP contribution is -2.19. The zero-order valence-electron chi connectivity index (χ0n) is 13.3. The van der Waals surface area contributed by atoms with Gasteiger partial charge in [-0.2, -0.15) is 0 Å². The van der Waals surface area contributed by atoms with E-state index in [-0.39, 0.29) is 17.8 Å². The first kappa shape index (κ1) is 17.4. The average Bonchev–Trinajstić information content (AvgIpc) is 2.52. The van der Waals surface area contributed by atoms with Gasteiger partial charge in [0.2, 0.25) is 5.78 Å². The lowest BCUT2D eigenvalue weighted by atomic mass is 9.90. The molecule has 1 aromatic rings. The fraction of sp³-hybridized carbons (Fsp3) is 0.556. The van der Waals surface area contributed by atoms with Crippen LogP contribution in [0.15, 0.2) is 24.3 Å². The van der Waals surface area contributed by atoms with Crippen LogP contribution in [0.3, 0.4) is 0 Å². The Morgan fingerprint density at radius 3 is 2.38 bits per heavy atom. The molecule has 2 atom stereocenters. The van der Waals surface area contributed by atoms with E-state index in [0.717, 1.165) is 37.0 Å². The molecule has 0 saturated carbocycles. The molecule has 0 heterocycles. The molecular weight excluding hydrogens is 264 g/mol. The number of hydrogen-bond donors (Lipinski definition) is 0. The van der Waals surface area contributed by atoms with Crippen molar-refractivity contribution in [3.8, 4) is 5.75 Å². The van der Waals surface area contributed by atoms with Crippen molar-refractivity contribution in [1.29, 1.82) is 0 Å². The maximum Gasteiger partial charge on any atom is 0.202 e. The Bertz CT molecular complexity index is 454. The summed E-state index contributed by atoms with van der Waals surface area (Å²) in [6.07, 6.45) is 5.09. The van der Waals surface area contributed by atoms with Gasteiger partial charge in [-0.15, -0.1) is 0 Å². The van der Waals surface area contributed by atoms with Gasteiger partial charge in [-0.1, -0.05) is 51.8 Å². The maximum absolute atomic E-state index is 11.9. The number of Topliss-reactive ketones (excluding diaryl/α,β-unsaturated/α-hetero) is 1. The van der Waals surface area contributed by atoms with Crippen LogP contribution in [-0.4, -0.2) is 18.2 Å². The third kappa shape index (κ3) is 5.00. The molecule has 0 aliphatic carbocycles. The van der Waals surface area contributed by atoms with E-state index < -0.39 is 0 Å². The Morgan fingerprint density at radius 1 is 1.14 bits per heavy atom. The van der Waals surface area contributed by atoms with Crippen molar-refractivity contribution in [3.63, 3.8) is 0 Å². The van der Waals surface area contributed by atoms with Gasteiger partial charge in [0.25, 0.3) is 0 Å². The smallest absolute Gasteiger partial charge is 0.202 e. The zero-order chi connectivity index (χ0) is 15.7. The molecule has 116 valence electrons. The van der Waals surface area contributed by atoms with E-state index in [2.05, 4.69) is 13.8 Å². The molecule has 0 amide bonds. The number of hydrogen-bond acceptors (Lipinski definition) is 3.